The molecule has 2 atom stereocenters. The lowest BCUT2D eigenvalue weighted by Crippen LogP contribution is -2.71. The Morgan fingerprint density at radius 2 is 1.10 bits per heavy atom. The molecular formula is C31H44N4O6. The summed E-state index contributed by atoms with van der Waals surface area (Å²) in [6.07, 6.45) is 7.46. The number of rotatable bonds is 22. The predicted molar refractivity (Wildman–Crippen MR) is 158 cm³/mol. The van der Waals surface area contributed by atoms with Gasteiger partial charge in [0.15, 0.2) is 5.79 Å². The minimum Gasteiger partial charge on any atom is -0.465 e. The van der Waals surface area contributed by atoms with Gasteiger partial charge in [0.2, 0.25) is 0 Å². The zero-order valence-electron chi connectivity index (χ0n) is 23.6. The Balaban J connectivity index is 1.70. The maximum Gasteiger partial charge on any atom is 0.407 e. The minimum atomic E-state index is -1.69. The molecular weight excluding hydrogens is 524 g/mol. The molecule has 2 unspecified atom stereocenters. The molecule has 0 fully saturated rings. The van der Waals surface area contributed by atoms with Crippen LogP contribution in [0.25, 0.3) is 0 Å². The zero-order chi connectivity index (χ0) is 29.8. The van der Waals surface area contributed by atoms with Gasteiger partial charge in [-0.05, 0) is 43.4 Å². The Hall–Kier alpha value is -3.76. The third kappa shape index (κ3) is 14.4. The molecule has 0 aliphatic heterocycles. The van der Waals surface area contributed by atoms with Crippen LogP contribution in [-0.2, 0) is 22.4 Å². The highest BCUT2D eigenvalue weighted by molar-refractivity contribution is 5.70. The van der Waals surface area contributed by atoms with E-state index in [4.69, 9.17) is 0 Å². The summed E-state index contributed by atoms with van der Waals surface area (Å²) in [5.74, 6) is -1.69. The Morgan fingerprint density at radius 3 is 1.56 bits per heavy atom. The van der Waals surface area contributed by atoms with Crippen LogP contribution in [0.5, 0.6) is 0 Å². The lowest BCUT2D eigenvalue weighted by Gasteiger charge is -2.36. The smallest absolute Gasteiger partial charge is 0.407 e. The number of aldehydes is 2. The van der Waals surface area contributed by atoms with Crippen LogP contribution in [0.15, 0.2) is 60.7 Å². The standard InChI is InChI=1S/C31H44N4O6/c36-23-27(21-25-15-9-7-10-16-25)32-20-14-6-4-2-1-3-5-13-19-31(34-29(38)39,35-30(40)41)33-28(24-37)22-26-17-11-8-12-18-26/h7-12,15-18,23-24,27-28,32-35H,1-6,13-14,19-22H2,(H,38,39)(H,40,41). The van der Waals surface area contributed by atoms with Crippen molar-refractivity contribution in [2.24, 2.45) is 0 Å². The van der Waals surface area contributed by atoms with Crippen molar-refractivity contribution in [2.75, 3.05) is 6.54 Å². The first-order valence-electron chi connectivity index (χ1n) is 14.4. The third-order valence-electron chi connectivity index (χ3n) is 6.88. The van der Waals surface area contributed by atoms with E-state index in [9.17, 15) is 29.4 Å². The fourth-order valence-electron chi connectivity index (χ4n) is 4.88. The van der Waals surface area contributed by atoms with E-state index in [0.717, 1.165) is 68.9 Å². The molecule has 10 nitrogen and oxygen atoms in total. The summed E-state index contributed by atoms with van der Waals surface area (Å²) in [7, 11) is 0. The van der Waals surface area contributed by atoms with Crippen molar-refractivity contribution < 1.29 is 29.4 Å². The number of benzene rings is 2. The predicted octanol–water partition coefficient (Wildman–Crippen LogP) is 4.49. The summed E-state index contributed by atoms with van der Waals surface area (Å²) in [5, 5.41) is 29.6. The number of carbonyl (C=O) groups is 4. The molecule has 2 rings (SSSR count). The van der Waals surface area contributed by atoms with E-state index in [1.165, 1.54) is 0 Å². The normalized spacial score (nSPS) is 12.7. The summed E-state index contributed by atoms with van der Waals surface area (Å²) < 4.78 is 0. The quantitative estimate of drug-likeness (QED) is 0.0689. The first-order valence-corrected chi connectivity index (χ1v) is 14.4. The molecule has 41 heavy (non-hydrogen) atoms. The molecule has 0 aliphatic carbocycles. The Bertz CT molecular complexity index is 1020. The SMILES string of the molecule is O=CC(Cc1ccccc1)NCCCCCCCCCCC(NC(=O)O)(NC(=O)O)NC(C=O)Cc1ccccc1. The van der Waals surface area contributed by atoms with E-state index in [0.29, 0.717) is 19.1 Å². The number of carbonyl (C=O) groups excluding carboxylic acids is 2. The summed E-state index contributed by atoms with van der Waals surface area (Å²) in [5.41, 5.74) is 2.00. The maximum atomic E-state index is 11.8. The molecule has 10 heteroatoms. The van der Waals surface area contributed by atoms with Crippen LogP contribution in [0, 0.1) is 0 Å². The van der Waals surface area contributed by atoms with Gasteiger partial charge in [-0.15, -0.1) is 0 Å². The number of nitrogens with one attached hydrogen (secondary N) is 4. The van der Waals surface area contributed by atoms with Crippen molar-refractivity contribution in [3.8, 4) is 0 Å². The number of carboxylic acid groups (broad SMARTS) is 2. The number of unbranched alkanes of at least 4 members (excludes halogenated alkanes) is 7. The van der Waals surface area contributed by atoms with Crippen LogP contribution < -0.4 is 21.3 Å². The number of hydrogen-bond donors (Lipinski definition) is 6. The average Bonchev–Trinajstić information content (AvgIpc) is 2.95. The second-order valence-corrected chi connectivity index (χ2v) is 10.3. The molecule has 0 saturated carbocycles. The molecule has 6 N–H and O–H groups in total. The molecule has 224 valence electrons. The number of amides is 2. The summed E-state index contributed by atoms with van der Waals surface area (Å²) >= 11 is 0. The van der Waals surface area contributed by atoms with E-state index < -0.39 is 24.0 Å². The van der Waals surface area contributed by atoms with Crippen LogP contribution >= 0.6 is 0 Å². The van der Waals surface area contributed by atoms with Crippen molar-refractivity contribution in [2.45, 2.75) is 88.5 Å². The Morgan fingerprint density at radius 1 is 0.659 bits per heavy atom. The molecule has 0 saturated heterocycles. The second kappa shape index (κ2) is 19.3. The minimum absolute atomic E-state index is 0.150. The van der Waals surface area contributed by atoms with Crippen molar-refractivity contribution in [3.05, 3.63) is 71.8 Å². The fraction of sp³-hybridized carbons (Fsp3) is 0.484. The summed E-state index contributed by atoms with van der Waals surface area (Å²) in [4.78, 5) is 46.3. The Kier molecular flexibility index (Phi) is 15.8. The topological polar surface area (TPSA) is 157 Å². The first-order chi connectivity index (χ1) is 19.9. The van der Waals surface area contributed by atoms with Crippen molar-refractivity contribution >= 4 is 24.8 Å². The highest BCUT2D eigenvalue weighted by atomic mass is 16.4. The van der Waals surface area contributed by atoms with Gasteiger partial charge in [-0.3, -0.25) is 16.0 Å². The van der Waals surface area contributed by atoms with Gasteiger partial charge >= 0.3 is 12.2 Å². The molecule has 0 aromatic heterocycles. The van der Waals surface area contributed by atoms with Gasteiger partial charge in [0.25, 0.3) is 0 Å². The molecule has 2 amide bonds. The third-order valence-corrected chi connectivity index (χ3v) is 6.88. The molecule has 0 radical (unpaired) electrons. The van der Waals surface area contributed by atoms with Gasteiger partial charge in [0.1, 0.15) is 12.6 Å². The van der Waals surface area contributed by atoms with E-state index in [1.54, 1.807) is 0 Å². The lowest BCUT2D eigenvalue weighted by atomic mass is 10.0. The van der Waals surface area contributed by atoms with Gasteiger partial charge in [-0.2, -0.15) is 0 Å². The Labute approximate surface area is 242 Å². The van der Waals surface area contributed by atoms with Crippen molar-refractivity contribution in [3.63, 3.8) is 0 Å². The van der Waals surface area contributed by atoms with Crippen molar-refractivity contribution in [1.29, 1.82) is 0 Å². The first kappa shape index (κ1) is 33.4. The van der Waals surface area contributed by atoms with Crippen molar-refractivity contribution in [1.82, 2.24) is 21.3 Å². The highest BCUT2D eigenvalue weighted by Crippen LogP contribution is 2.16. The van der Waals surface area contributed by atoms with E-state index in [1.807, 2.05) is 60.7 Å². The van der Waals surface area contributed by atoms with Crippen LogP contribution in [0.4, 0.5) is 9.59 Å². The second-order valence-electron chi connectivity index (χ2n) is 10.3. The van der Waals surface area contributed by atoms with Gasteiger partial charge in [0.05, 0.1) is 12.1 Å². The van der Waals surface area contributed by atoms with E-state index in [2.05, 4.69) is 21.3 Å². The van der Waals surface area contributed by atoms with Crippen LogP contribution in [0.1, 0.15) is 68.9 Å². The molecule has 0 spiro atoms. The molecule has 0 aliphatic rings. The molecule has 2 aromatic rings. The van der Waals surface area contributed by atoms with Gasteiger partial charge < -0.3 is 25.1 Å². The van der Waals surface area contributed by atoms with Gasteiger partial charge in [-0.25, -0.2) is 9.59 Å². The monoisotopic (exact) mass is 568 g/mol. The van der Waals surface area contributed by atoms with Crippen LogP contribution in [-0.4, -0.2) is 59.4 Å². The fourth-order valence-corrected chi connectivity index (χ4v) is 4.88. The van der Waals surface area contributed by atoms with Crippen LogP contribution in [0.3, 0.4) is 0 Å². The van der Waals surface area contributed by atoms with E-state index in [-0.39, 0.29) is 18.9 Å². The van der Waals surface area contributed by atoms with Gasteiger partial charge in [-0.1, -0.05) is 99.2 Å². The summed E-state index contributed by atoms with van der Waals surface area (Å²) in [6.45, 7) is 0.796. The number of hydrogen-bond acceptors (Lipinski definition) is 6. The van der Waals surface area contributed by atoms with E-state index >= 15 is 0 Å². The molecule has 0 bridgehead atoms. The highest BCUT2D eigenvalue weighted by Gasteiger charge is 2.35. The molecule has 0 heterocycles. The lowest BCUT2D eigenvalue weighted by molar-refractivity contribution is -0.110. The maximum absolute atomic E-state index is 11.8. The largest absolute Gasteiger partial charge is 0.465 e. The average molecular weight is 569 g/mol. The zero-order valence-corrected chi connectivity index (χ0v) is 23.6. The molecule has 2 aromatic carbocycles. The van der Waals surface area contributed by atoms with Gasteiger partial charge in [0, 0.05) is 6.42 Å². The summed E-state index contributed by atoms with van der Waals surface area (Å²) in [6, 6.07) is 18.2. The van der Waals surface area contributed by atoms with Crippen LogP contribution in [0.2, 0.25) is 0 Å².